The fraction of sp³-hybridized carbons (Fsp3) is 0.577. The highest BCUT2D eigenvalue weighted by Gasteiger charge is 2.34. The van der Waals surface area contributed by atoms with Gasteiger partial charge in [-0.2, -0.15) is 9.41 Å². The largest absolute Gasteiger partial charge is 0.378 e. The standard InChI is InChI=1S/C26H35N7O3S2/c1-19(2)38(34,35)33-10-8-31(9-11-33)18-21-16-22-23(37-21)25(32-12-14-36-15-13-32)29-24(28-22)20-4-3-5-26(17-20)6-7-27-30-26/h3-5,7,16,19,30H,6,8-15,17-18H2,1-2H3. The molecule has 0 amide bonds. The van der Waals surface area contributed by atoms with E-state index in [0.29, 0.717) is 26.3 Å². The van der Waals surface area contributed by atoms with E-state index < -0.39 is 10.0 Å². The maximum Gasteiger partial charge on any atom is 0.216 e. The van der Waals surface area contributed by atoms with Crippen LogP contribution in [0, 0.1) is 0 Å². The smallest absolute Gasteiger partial charge is 0.216 e. The highest BCUT2D eigenvalue weighted by Crippen LogP contribution is 2.37. The van der Waals surface area contributed by atoms with E-state index in [2.05, 4.69) is 44.6 Å². The quantitative estimate of drug-likeness (QED) is 0.578. The molecular formula is C26H35N7O3S2. The van der Waals surface area contributed by atoms with E-state index >= 15 is 0 Å². The molecule has 0 saturated carbocycles. The summed E-state index contributed by atoms with van der Waals surface area (Å²) in [5.74, 6) is 1.76. The second kappa shape index (κ2) is 10.3. The molecule has 0 radical (unpaired) electrons. The SMILES string of the molecule is CC(C)S(=O)(=O)N1CCN(Cc2cc3nc(C4=CC=CC5(CC=NN5)C4)nc(N4CCOCC4)c3s2)CC1. The highest BCUT2D eigenvalue weighted by atomic mass is 32.2. The van der Waals surface area contributed by atoms with Gasteiger partial charge >= 0.3 is 0 Å². The summed E-state index contributed by atoms with van der Waals surface area (Å²) in [4.78, 5) is 16.1. The van der Waals surface area contributed by atoms with Crippen molar-refractivity contribution in [3.05, 3.63) is 35.0 Å². The van der Waals surface area contributed by atoms with Crippen LogP contribution in [0.5, 0.6) is 0 Å². The molecule has 0 bridgehead atoms. The van der Waals surface area contributed by atoms with Crippen LogP contribution < -0.4 is 10.3 Å². The Balaban J connectivity index is 1.26. The number of nitrogens with zero attached hydrogens (tertiary/aromatic N) is 6. The highest BCUT2D eigenvalue weighted by molar-refractivity contribution is 7.89. The number of nitrogens with one attached hydrogen (secondary N) is 1. The number of hydrogen-bond acceptors (Lipinski definition) is 10. The minimum atomic E-state index is -3.21. The lowest BCUT2D eigenvalue weighted by atomic mass is 9.85. The summed E-state index contributed by atoms with van der Waals surface area (Å²) in [6.45, 7) is 9.81. The van der Waals surface area contributed by atoms with Gasteiger partial charge in [0.15, 0.2) is 11.6 Å². The predicted molar refractivity (Wildman–Crippen MR) is 152 cm³/mol. The normalized spacial score (nSPS) is 25.0. The van der Waals surface area contributed by atoms with Crippen molar-refractivity contribution in [1.29, 1.82) is 0 Å². The molecule has 4 aliphatic rings. The molecule has 1 N–H and O–H groups in total. The van der Waals surface area contributed by atoms with Crippen molar-refractivity contribution in [2.45, 2.75) is 44.0 Å². The minimum Gasteiger partial charge on any atom is -0.378 e. The number of hydrazone groups is 1. The molecule has 1 spiro atoms. The molecule has 38 heavy (non-hydrogen) atoms. The molecule has 1 aliphatic carbocycles. The summed E-state index contributed by atoms with van der Waals surface area (Å²) in [5, 5.41) is 3.87. The van der Waals surface area contributed by atoms with Crippen molar-refractivity contribution in [3.63, 3.8) is 0 Å². The van der Waals surface area contributed by atoms with Crippen molar-refractivity contribution < 1.29 is 13.2 Å². The maximum absolute atomic E-state index is 12.6. The molecule has 10 nitrogen and oxygen atoms in total. The number of anilines is 1. The molecule has 2 fully saturated rings. The van der Waals surface area contributed by atoms with E-state index in [1.807, 2.05) is 6.21 Å². The summed E-state index contributed by atoms with van der Waals surface area (Å²) < 4.78 is 33.5. The van der Waals surface area contributed by atoms with E-state index in [4.69, 9.17) is 14.7 Å². The van der Waals surface area contributed by atoms with E-state index in [0.717, 1.165) is 73.0 Å². The van der Waals surface area contributed by atoms with Crippen molar-refractivity contribution in [2.24, 2.45) is 5.10 Å². The first-order valence-electron chi connectivity index (χ1n) is 13.3. The molecule has 1 unspecified atom stereocenters. The second-order valence-corrected chi connectivity index (χ2v) is 14.3. The van der Waals surface area contributed by atoms with Gasteiger partial charge in [-0.25, -0.2) is 18.4 Å². The first-order chi connectivity index (χ1) is 18.3. The van der Waals surface area contributed by atoms with Crippen molar-refractivity contribution in [1.82, 2.24) is 24.6 Å². The Labute approximate surface area is 228 Å². The predicted octanol–water partition coefficient (Wildman–Crippen LogP) is 2.44. The van der Waals surface area contributed by atoms with Crippen molar-refractivity contribution in [2.75, 3.05) is 57.4 Å². The van der Waals surface area contributed by atoms with E-state index in [1.165, 1.54) is 4.88 Å². The van der Waals surface area contributed by atoms with Gasteiger partial charge in [-0.1, -0.05) is 18.2 Å². The topological polar surface area (TPSA) is 103 Å². The van der Waals surface area contributed by atoms with Crippen molar-refractivity contribution >= 4 is 49.2 Å². The number of ether oxygens (including phenoxy) is 1. The first kappa shape index (κ1) is 25.9. The Bertz CT molecular complexity index is 1380. The Kier molecular flexibility index (Phi) is 7.02. The number of aromatic nitrogens is 2. The van der Waals surface area contributed by atoms with Gasteiger partial charge in [-0.3, -0.25) is 10.3 Å². The molecule has 0 aromatic carbocycles. The van der Waals surface area contributed by atoms with Gasteiger partial charge in [0.25, 0.3) is 0 Å². The van der Waals surface area contributed by atoms with Crippen LogP contribution in [-0.2, 0) is 21.3 Å². The molecule has 204 valence electrons. The third-order valence-electron chi connectivity index (χ3n) is 7.72. The summed E-state index contributed by atoms with van der Waals surface area (Å²) in [6, 6.07) is 2.19. The zero-order valence-corrected chi connectivity index (χ0v) is 23.6. The molecule has 5 heterocycles. The minimum absolute atomic E-state index is 0.188. The third kappa shape index (κ3) is 5.00. The van der Waals surface area contributed by atoms with Crippen LogP contribution in [0.15, 0.2) is 29.4 Å². The molecule has 12 heteroatoms. The monoisotopic (exact) mass is 557 g/mol. The number of allylic oxidation sites excluding steroid dienone is 2. The lowest BCUT2D eigenvalue weighted by Gasteiger charge is -2.34. The van der Waals surface area contributed by atoms with Crippen molar-refractivity contribution in [3.8, 4) is 0 Å². The van der Waals surface area contributed by atoms with Crippen LogP contribution in [0.1, 0.15) is 37.4 Å². The number of sulfonamides is 1. The van der Waals surface area contributed by atoms with Crippen LogP contribution in [0.2, 0.25) is 0 Å². The zero-order chi connectivity index (χ0) is 26.3. The summed E-state index contributed by atoms with van der Waals surface area (Å²) in [6.07, 6.45) is 9.96. The Morgan fingerprint density at radius 3 is 2.63 bits per heavy atom. The molecule has 2 aromatic rings. The number of piperazine rings is 1. The van der Waals surface area contributed by atoms with Crippen LogP contribution in [0.25, 0.3) is 15.8 Å². The average Bonchev–Trinajstić information content (AvgIpc) is 3.55. The maximum atomic E-state index is 12.6. The third-order valence-corrected chi connectivity index (χ3v) is 11.1. The lowest BCUT2D eigenvalue weighted by Crippen LogP contribution is -2.49. The van der Waals surface area contributed by atoms with Gasteiger partial charge < -0.3 is 9.64 Å². The summed E-state index contributed by atoms with van der Waals surface area (Å²) >= 11 is 1.75. The average molecular weight is 558 g/mol. The van der Waals surface area contributed by atoms with Crippen LogP contribution in [0.4, 0.5) is 5.82 Å². The number of morpholine rings is 1. The van der Waals surface area contributed by atoms with E-state index in [9.17, 15) is 8.42 Å². The number of hydrogen-bond donors (Lipinski definition) is 1. The van der Waals surface area contributed by atoms with Gasteiger partial charge in [-0.15, -0.1) is 11.3 Å². The molecular weight excluding hydrogens is 522 g/mol. The number of thiophene rings is 1. The fourth-order valence-electron chi connectivity index (χ4n) is 5.44. The van der Waals surface area contributed by atoms with E-state index in [1.54, 1.807) is 29.5 Å². The second-order valence-electron chi connectivity index (χ2n) is 10.7. The van der Waals surface area contributed by atoms with Gasteiger partial charge in [0.2, 0.25) is 10.0 Å². The van der Waals surface area contributed by atoms with Gasteiger partial charge in [-0.05, 0) is 25.5 Å². The summed E-state index contributed by atoms with van der Waals surface area (Å²) in [5.41, 5.74) is 5.16. The van der Waals surface area contributed by atoms with Crippen LogP contribution in [-0.4, -0.2) is 97.1 Å². The summed E-state index contributed by atoms with van der Waals surface area (Å²) in [7, 11) is -3.21. The molecule has 2 saturated heterocycles. The molecule has 1 atom stereocenters. The Hall–Kier alpha value is -2.38. The molecule has 3 aliphatic heterocycles. The first-order valence-corrected chi connectivity index (χ1v) is 15.7. The molecule has 2 aromatic heterocycles. The van der Waals surface area contributed by atoms with E-state index in [-0.39, 0.29) is 10.8 Å². The van der Waals surface area contributed by atoms with Gasteiger partial charge in [0.05, 0.1) is 34.2 Å². The lowest BCUT2D eigenvalue weighted by molar-refractivity contribution is 0.122. The van der Waals surface area contributed by atoms with Crippen LogP contribution >= 0.6 is 11.3 Å². The fourth-order valence-corrected chi connectivity index (χ4v) is 7.86. The molecule has 6 rings (SSSR count). The Morgan fingerprint density at radius 2 is 1.92 bits per heavy atom. The van der Waals surface area contributed by atoms with Gasteiger partial charge in [0.1, 0.15) is 0 Å². The van der Waals surface area contributed by atoms with Crippen LogP contribution in [0.3, 0.4) is 0 Å². The number of fused-ring (bicyclic) bond motifs is 1. The zero-order valence-electron chi connectivity index (χ0n) is 22.0. The van der Waals surface area contributed by atoms with Gasteiger partial charge in [0, 0.05) is 69.7 Å². The Morgan fingerprint density at radius 1 is 1.13 bits per heavy atom. The number of rotatable bonds is 6.